The molecule has 0 aromatic rings. The minimum absolute atomic E-state index is 0.298. The summed E-state index contributed by atoms with van der Waals surface area (Å²) in [6.07, 6.45) is 0. The van der Waals surface area contributed by atoms with Crippen LogP contribution in [0.25, 0.3) is 0 Å². The lowest BCUT2D eigenvalue weighted by Crippen LogP contribution is -2.38. The zero-order chi connectivity index (χ0) is 12.7. The van der Waals surface area contributed by atoms with Gasteiger partial charge in [0.05, 0.1) is 0 Å². The molecule has 1 unspecified atom stereocenters. The van der Waals surface area contributed by atoms with Gasteiger partial charge in [0, 0.05) is 12.6 Å². The van der Waals surface area contributed by atoms with Gasteiger partial charge in [0.1, 0.15) is 0 Å². The lowest BCUT2D eigenvalue weighted by Gasteiger charge is -2.32. The van der Waals surface area contributed by atoms with Crippen molar-refractivity contribution in [2.45, 2.75) is 61.4 Å². The third-order valence-corrected chi connectivity index (χ3v) is 3.54. The van der Waals surface area contributed by atoms with Crippen molar-refractivity contribution in [1.82, 2.24) is 5.32 Å². The highest BCUT2D eigenvalue weighted by atomic mass is 15.0. The summed E-state index contributed by atoms with van der Waals surface area (Å²) >= 11 is 0. The number of nitrogens with one attached hydrogen (secondary N) is 1. The number of rotatable bonds is 1. The van der Waals surface area contributed by atoms with E-state index in [0.29, 0.717) is 22.8 Å². The van der Waals surface area contributed by atoms with Crippen LogP contribution >= 0.6 is 0 Å². The summed E-state index contributed by atoms with van der Waals surface area (Å²) in [6, 6.07) is 0.543. The Morgan fingerprint density at radius 3 is 1.88 bits per heavy atom. The van der Waals surface area contributed by atoms with Crippen LogP contribution in [0.2, 0.25) is 0 Å². The zero-order valence-corrected chi connectivity index (χ0v) is 12.4. The van der Waals surface area contributed by atoms with Gasteiger partial charge in [-0.05, 0) is 27.9 Å². The Morgan fingerprint density at radius 1 is 1.06 bits per heavy atom. The molecule has 1 nitrogen and oxygen atoms in total. The van der Waals surface area contributed by atoms with Gasteiger partial charge < -0.3 is 5.32 Å². The predicted octanol–water partition coefficient (Wildman–Crippen LogP) is 4.00. The van der Waals surface area contributed by atoms with Gasteiger partial charge >= 0.3 is 0 Å². The Bertz CT molecular complexity index is 284. The van der Waals surface area contributed by atoms with E-state index in [-0.39, 0.29) is 0 Å². The smallest absolute Gasteiger partial charge is 0.0337 e. The Kier molecular flexibility index (Phi) is 3.59. The van der Waals surface area contributed by atoms with Crippen LogP contribution in [-0.4, -0.2) is 12.6 Å². The summed E-state index contributed by atoms with van der Waals surface area (Å²) in [4.78, 5) is 0. The van der Waals surface area contributed by atoms with Gasteiger partial charge in [0.2, 0.25) is 0 Å². The van der Waals surface area contributed by atoms with Crippen molar-refractivity contribution >= 4 is 0 Å². The molecule has 1 rings (SSSR count). The van der Waals surface area contributed by atoms with Crippen LogP contribution in [0.4, 0.5) is 0 Å². The fraction of sp³-hybridized carbons (Fsp3) is 0.867. The lowest BCUT2D eigenvalue weighted by atomic mass is 9.75. The molecule has 16 heavy (non-hydrogen) atoms. The Hall–Kier alpha value is -0.300. The first-order valence-electron chi connectivity index (χ1n) is 6.52. The molecule has 0 aromatic carbocycles. The van der Waals surface area contributed by atoms with E-state index in [1.54, 1.807) is 11.1 Å². The molecule has 0 fully saturated rings. The summed E-state index contributed by atoms with van der Waals surface area (Å²) < 4.78 is 0. The molecule has 0 radical (unpaired) electrons. The molecule has 0 aromatic heterocycles. The average molecular weight is 223 g/mol. The maximum absolute atomic E-state index is 3.71. The van der Waals surface area contributed by atoms with Crippen molar-refractivity contribution < 1.29 is 0 Å². The highest BCUT2D eigenvalue weighted by molar-refractivity contribution is 5.34. The van der Waals surface area contributed by atoms with Crippen LogP contribution in [-0.2, 0) is 0 Å². The molecule has 0 amide bonds. The first kappa shape index (κ1) is 13.8. The van der Waals surface area contributed by atoms with Crippen LogP contribution in [0.1, 0.15) is 55.4 Å². The molecule has 0 bridgehead atoms. The molecule has 1 aliphatic rings. The Labute approximate surface area is 102 Å². The minimum atomic E-state index is 0.298. The largest absolute Gasteiger partial charge is 0.306 e. The van der Waals surface area contributed by atoms with Gasteiger partial charge in [-0.2, -0.15) is 0 Å². The number of hydrogen-bond donors (Lipinski definition) is 1. The van der Waals surface area contributed by atoms with E-state index in [9.17, 15) is 0 Å². The normalized spacial score (nSPS) is 23.4. The summed E-state index contributed by atoms with van der Waals surface area (Å²) in [7, 11) is 0. The third kappa shape index (κ3) is 2.68. The predicted molar refractivity (Wildman–Crippen MR) is 72.6 cm³/mol. The highest BCUT2D eigenvalue weighted by Gasteiger charge is 2.38. The molecular formula is C15H29N. The van der Waals surface area contributed by atoms with E-state index in [2.05, 4.69) is 60.7 Å². The van der Waals surface area contributed by atoms with Crippen LogP contribution in [0.15, 0.2) is 11.1 Å². The van der Waals surface area contributed by atoms with E-state index >= 15 is 0 Å². The van der Waals surface area contributed by atoms with Crippen LogP contribution in [0, 0.1) is 16.7 Å². The average Bonchev–Trinajstić information content (AvgIpc) is 2.43. The maximum atomic E-state index is 3.71. The summed E-state index contributed by atoms with van der Waals surface area (Å²) in [5.41, 5.74) is 3.89. The minimum Gasteiger partial charge on any atom is -0.306 e. The summed E-state index contributed by atoms with van der Waals surface area (Å²) in [5.74, 6) is 0.647. The second-order valence-electron chi connectivity index (χ2n) is 7.52. The van der Waals surface area contributed by atoms with E-state index in [1.807, 2.05) is 0 Å². The van der Waals surface area contributed by atoms with Gasteiger partial charge in [-0.15, -0.1) is 0 Å². The van der Waals surface area contributed by atoms with E-state index in [4.69, 9.17) is 0 Å². The topological polar surface area (TPSA) is 12.0 Å². The molecule has 0 saturated heterocycles. The molecule has 0 aliphatic carbocycles. The van der Waals surface area contributed by atoms with Crippen LogP contribution < -0.4 is 5.32 Å². The SMILES string of the molecule is CC(C)C1=C(C(C)(C)C)CNC1C(C)(C)C. The molecule has 1 heteroatoms. The van der Waals surface area contributed by atoms with Crippen LogP contribution in [0.3, 0.4) is 0 Å². The van der Waals surface area contributed by atoms with Crippen molar-refractivity contribution in [3.63, 3.8) is 0 Å². The second-order valence-corrected chi connectivity index (χ2v) is 7.52. The molecule has 1 aliphatic heterocycles. The van der Waals surface area contributed by atoms with Gasteiger partial charge in [0.25, 0.3) is 0 Å². The van der Waals surface area contributed by atoms with Gasteiger partial charge in [-0.1, -0.05) is 55.4 Å². The van der Waals surface area contributed by atoms with E-state index < -0.39 is 0 Å². The maximum Gasteiger partial charge on any atom is 0.0337 e. The fourth-order valence-corrected chi connectivity index (χ4v) is 2.74. The zero-order valence-electron chi connectivity index (χ0n) is 12.4. The van der Waals surface area contributed by atoms with Gasteiger partial charge in [-0.3, -0.25) is 0 Å². The standard InChI is InChI=1S/C15H29N/c1-10(2)12-11(14(3,4)5)9-16-13(12)15(6,7)8/h10,13,16H,9H2,1-8H3. The highest BCUT2D eigenvalue weighted by Crippen LogP contribution is 2.40. The van der Waals surface area contributed by atoms with E-state index in [0.717, 1.165) is 6.54 Å². The first-order valence-corrected chi connectivity index (χ1v) is 6.52. The second kappa shape index (κ2) is 4.18. The quantitative estimate of drug-likeness (QED) is 0.662. The summed E-state index contributed by atoms with van der Waals surface area (Å²) in [5, 5.41) is 3.71. The van der Waals surface area contributed by atoms with Crippen LogP contribution in [0.5, 0.6) is 0 Å². The van der Waals surface area contributed by atoms with Crippen molar-refractivity contribution in [3.05, 3.63) is 11.1 Å². The first-order chi connectivity index (χ1) is 7.05. The molecule has 94 valence electrons. The van der Waals surface area contributed by atoms with E-state index in [1.165, 1.54) is 0 Å². The van der Waals surface area contributed by atoms with Gasteiger partial charge in [0.15, 0.2) is 0 Å². The Morgan fingerprint density at radius 2 is 1.56 bits per heavy atom. The van der Waals surface area contributed by atoms with Crippen molar-refractivity contribution in [2.75, 3.05) is 6.54 Å². The lowest BCUT2D eigenvalue weighted by molar-refractivity contribution is 0.309. The van der Waals surface area contributed by atoms with Crippen molar-refractivity contribution in [2.24, 2.45) is 16.7 Å². The summed E-state index contributed by atoms with van der Waals surface area (Å²) in [6.45, 7) is 19.7. The molecule has 1 atom stereocenters. The number of hydrogen-bond acceptors (Lipinski definition) is 1. The fourth-order valence-electron chi connectivity index (χ4n) is 2.74. The van der Waals surface area contributed by atoms with Crippen molar-refractivity contribution in [3.8, 4) is 0 Å². The third-order valence-electron chi connectivity index (χ3n) is 3.54. The van der Waals surface area contributed by atoms with Crippen molar-refractivity contribution in [1.29, 1.82) is 0 Å². The molecular weight excluding hydrogens is 194 g/mol. The molecule has 1 heterocycles. The molecule has 0 saturated carbocycles. The molecule has 1 N–H and O–H groups in total. The monoisotopic (exact) mass is 223 g/mol. The molecule has 0 spiro atoms. The van der Waals surface area contributed by atoms with Gasteiger partial charge in [-0.25, -0.2) is 0 Å². The Balaban J connectivity index is 3.18.